The zero-order valence-electron chi connectivity index (χ0n) is 11.1. The van der Waals surface area contributed by atoms with E-state index in [0.29, 0.717) is 6.04 Å². The van der Waals surface area contributed by atoms with Gasteiger partial charge in [0.2, 0.25) is 0 Å². The molecular weight excluding hydrogens is 236 g/mol. The fraction of sp³-hybridized carbons (Fsp3) is 0.438. The van der Waals surface area contributed by atoms with E-state index in [9.17, 15) is 5.11 Å². The molecule has 3 rings (SSSR count). The van der Waals surface area contributed by atoms with Crippen LogP contribution in [-0.4, -0.2) is 34.2 Å². The number of rotatable bonds is 3. The molecular formula is C16H20N2O. The molecule has 1 aliphatic heterocycles. The highest BCUT2D eigenvalue weighted by atomic mass is 16.3. The number of piperidine rings is 1. The molecule has 1 atom stereocenters. The summed E-state index contributed by atoms with van der Waals surface area (Å²) in [6.45, 7) is 2.26. The number of aliphatic hydroxyl groups excluding tert-OH is 1. The van der Waals surface area contributed by atoms with E-state index in [4.69, 9.17) is 0 Å². The van der Waals surface area contributed by atoms with Crippen LogP contribution in [0, 0.1) is 0 Å². The Hall–Kier alpha value is -1.45. The van der Waals surface area contributed by atoms with Crippen LogP contribution in [0.5, 0.6) is 0 Å². The first-order valence-electron chi connectivity index (χ1n) is 7.06. The number of fused-ring (bicyclic) bond motifs is 1. The van der Waals surface area contributed by atoms with E-state index in [-0.39, 0.29) is 6.61 Å². The summed E-state index contributed by atoms with van der Waals surface area (Å²) in [4.78, 5) is 6.81. The highest BCUT2D eigenvalue weighted by molar-refractivity contribution is 5.81. The molecule has 0 amide bonds. The lowest BCUT2D eigenvalue weighted by Crippen LogP contribution is -2.41. The van der Waals surface area contributed by atoms with Gasteiger partial charge < -0.3 is 5.11 Å². The van der Waals surface area contributed by atoms with E-state index in [1.54, 1.807) is 0 Å². The van der Waals surface area contributed by atoms with Gasteiger partial charge in [0.15, 0.2) is 0 Å². The summed E-state index contributed by atoms with van der Waals surface area (Å²) in [6, 6.07) is 10.7. The van der Waals surface area contributed by atoms with E-state index in [1.807, 2.05) is 12.3 Å². The number of hydrogen-bond acceptors (Lipinski definition) is 3. The lowest BCUT2D eigenvalue weighted by molar-refractivity contribution is 0.0844. The van der Waals surface area contributed by atoms with Crippen molar-refractivity contribution in [1.82, 2.24) is 9.88 Å². The molecule has 0 aliphatic carbocycles. The van der Waals surface area contributed by atoms with Crippen LogP contribution < -0.4 is 0 Å². The first-order valence-corrected chi connectivity index (χ1v) is 7.06. The van der Waals surface area contributed by atoms with Crippen LogP contribution in [0.1, 0.15) is 24.8 Å². The molecule has 2 aromatic rings. The Kier molecular flexibility index (Phi) is 3.76. The number of para-hydroxylation sites is 1. The summed E-state index contributed by atoms with van der Waals surface area (Å²) in [5, 5.41) is 10.7. The molecule has 0 radical (unpaired) electrons. The van der Waals surface area contributed by atoms with Gasteiger partial charge in [-0.2, -0.15) is 0 Å². The number of aromatic nitrogens is 1. The van der Waals surface area contributed by atoms with Crippen LogP contribution in [0.15, 0.2) is 36.5 Å². The first-order chi connectivity index (χ1) is 9.38. The fourth-order valence-electron chi connectivity index (χ4n) is 2.99. The Morgan fingerprint density at radius 2 is 2.11 bits per heavy atom. The van der Waals surface area contributed by atoms with E-state index in [0.717, 1.165) is 25.0 Å². The van der Waals surface area contributed by atoms with Crippen LogP contribution in [0.3, 0.4) is 0 Å². The summed E-state index contributed by atoms with van der Waals surface area (Å²) in [6.07, 6.45) is 5.47. The smallest absolute Gasteiger partial charge is 0.0705 e. The third kappa shape index (κ3) is 2.62. The van der Waals surface area contributed by atoms with Gasteiger partial charge >= 0.3 is 0 Å². The minimum atomic E-state index is 0.267. The minimum Gasteiger partial charge on any atom is -0.395 e. The van der Waals surface area contributed by atoms with Gasteiger partial charge in [-0.3, -0.25) is 9.88 Å². The number of nitrogens with zero attached hydrogens (tertiary/aromatic N) is 2. The van der Waals surface area contributed by atoms with Crippen molar-refractivity contribution >= 4 is 10.9 Å². The van der Waals surface area contributed by atoms with Crippen LogP contribution in [0.25, 0.3) is 10.9 Å². The molecule has 1 unspecified atom stereocenters. The molecule has 1 fully saturated rings. The first kappa shape index (κ1) is 12.6. The largest absolute Gasteiger partial charge is 0.395 e. The zero-order chi connectivity index (χ0) is 13.1. The lowest BCUT2D eigenvalue weighted by Gasteiger charge is -2.34. The third-order valence-corrected chi connectivity index (χ3v) is 4.07. The average Bonchev–Trinajstić information content (AvgIpc) is 2.48. The average molecular weight is 256 g/mol. The standard InChI is InChI=1S/C16H20N2O/c19-12-14-5-3-4-10-18(14)11-13-8-9-17-16-7-2-1-6-15(13)16/h1-2,6-9,14,19H,3-5,10-12H2. The second-order valence-corrected chi connectivity index (χ2v) is 5.29. The van der Waals surface area contributed by atoms with Crippen LogP contribution in [-0.2, 0) is 6.54 Å². The highest BCUT2D eigenvalue weighted by Gasteiger charge is 2.21. The predicted octanol–water partition coefficient (Wildman–Crippen LogP) is 2.58. The maximum absolute atomic E-state index is 9.50. The molecule has 0 saturated carbocycles. The van der Waals surface area contributed by atoms with Crippen molar-refractivity contribution in [2.24, 2.45) is 0 Å². The quantitative estimate of drug-likeness (QED) is 0.917. The van der Waals surface area contributed by atoms with Gasteiger partial charge in [-0.25, -0.2) is 0 Å². The molecule has 0 bridgehead atoms. The van der Waals surface area contributed by atoms with E-state index in [1.165, 1.54) is 23.8 Å². The van der Waals surface area contributed by atoms with Crippen LogP contribution in [0.2, 0.25) is 0 Å². The van der Waals surface area contributed by atoms with Gasteiger partial charge in [0.05, 0.1) is 12.1 Å². The molecule has 19 heavy (non-hydrogen) atoms. The molecule has 3 nitrogen and oxygen atoms in total. The van der Waals surface area contributed by atoms with Crippen LogP contribution in [0.4, 0.5) is 0 Å². The van der Waals surface area contributed by atoms with Gasteiger partial charge in [0.1, 0.15) is 0 Å². The number of pyridine rings is 1. The van der Waals surface area contributed by atoms with Crippen molar-refractivity contribution in [2.45, 2.75) is 31.8 Å². The Morgan fingerprint density at radius 3 is 3.00 bits per heavy atom. The molecule has 1 aromatic heterocycles. The zero-order valence-corrected chi connectivity index (χ0v) is 11.1. The summed E-state index contributed by atoms with van der Waals surface area (Å²) >= 11 is 0. The maximum Gasteiger partial charge on any atom is 0.0705 e. The Balaban J connectivity index is 1.88. The number of aliphatic hydroxyl groups is 1. The topological polar surface area (TPSA) is 36.4 Å². The second-order valence-electron chi connectivity index (χ2n) is 5.29. The van der Waals surface area contributed by atoms with E-state index >= 15 is 0 Å². The number of hydrogen-bond donors (Lipinski definition) is 1. The van der Waals surface area contributed by atoms with Gasteiger partial charge in [0.25, 0.3) is 0 Å². The molecule has 1 aromatic carbocycles. The second kappa shape index (κ2) is 5.68. The molecule has 0 spiro atoms. The number of benzene rings is 1. The molecule has 1 saturated heterocycles. The minimum absolute atomic E-state index is 0.267. The van der Waals surface area contributed by atoms with E-state index in [2.05, 4.69) is 34.1 Å². The van der Waals surface area contributed by atoms with Crippen LogP contribution >= 0.6 is 0 Å². The Bertz CT molecular complexity index is 550. The van der Waals surface area contributed by atoms with Gasteiger partial charge in [-0.1, -0.05) is 24.6 Å². The fourth-order valence-corrected chi connectivity index (χ4v) is 2.99. The monoisotopic (exact) mass is 256 g/mol. The van der Waals surface area contributed by atoms with Crippen molar-refractivity contribution in [1.29, 1.82) is 0 Å². The lowest BCUT2D eigenvalue weighted by atomic mass is 10.0. The van der Waals surface area contributed by atoms with Gasteiger partial charge in [-0.05, 0) is 37.1 Å². The molecule has 3 heteroatoms. The Morgan fingerprint density at radius 1 is 1.21 bits per heavy atom. The molecule has 100 valence electrons. The van der Waals surface area contributed by atoms with Crippen molar-refractivity contribution in [3.05, 3.63) is 42.1 Å². The van der Waals surface area contributed by atoms with Gasteiger partial charge in [-0.15, -0.1) is 0 Å². The summed E-state index contributed by atoms with van der Waals surface area (Å²) in [7, 11) is 0. The van der Waals surface area contributed by atoms with Crippen molar-refractivity contribution in [2.75, 3.05) is 13.2 Å². The molecule has 2 heterocycles. The molecule has 1 N–H and O–H groups in total. The Labute approximate surface area is 113 Å². The van der Waals surface area contributed by atoms with Gasteiger partial charge in [0, 0.05) is 24.2 Å². The summed E-state index contributed by atoms with van der Waals surface area (Å²) in [5.41, 5.74) is 2.36. The van der Waals surface area contributed by atoms with Crippen molar-refractivity contribution < 1.29 is 5.11 Å². The van der Waals surface area contributed by atoms with E-state index < -0.39 is 0 Å². The maximum atomic E-state index is 9.50. The number of likely N-dealkylation sites (tertiary alicyclic amines) is 1. The normalized spacial score (nSPS) is 20.8. The highest BCUT2D eigenvalue weighted by Crippen LogP contribution is 2.23. The predicted molar refractivity (Wildman–Crippen MR) is 76.9 cm³/mol. The third-order valence-electron chi connectivity index (χ3n) is 4.07. The summed E-state index contributed by atoms with van der Waals surface area (Å²) in [5.74, 6) is 0. The van der Waals surface area contributed by atoms with Crippen molar-refractivity contribution in [3.63, 3.8) is 0 Å². The van der Waals surface area contributed by atoms with Crippen molar-refractivity contribution in [3.8, 4) is 0 Å². The SMILES string of the molecule is OCC1CCCCN1Cc1ccnc2ccccc12. The molecule has 1 aliphatic rings. The summed E-state index contributed by atoms with van der Waals surface area (Å²) < 4.78 is 0.